The Morgan fingerprint density at radius 2 is 2.21 bits per heavy atom. The van der Waals surface area contributed by atoms with E-state index in [0.29, 0.717) is 16.6 Å². The Balaban J connectivity index is 1.56. The lowest BCUT2D eigenvalue weighted by atomic mass is 10.2. The van der Waals surface area contributed by atoms with Crippen molar-refractivity contribution in [1.29, 1.82) is 0 Å². The van der Waals surface area contributed by atoms with E-state index in [9.17, 15) is 9.59 Å². The molecule has 0 bridgehead atoms. The summed E-state index contributed by atoms with van der Waals surface area (Å²) in [5.41, 5.74) is 1.82. The Bertz CT molecular complexity index is 1120. The number of nitrogens with one attached hydrogen (secondary N) is 1. The average Bonchev–Trinajstić information content (AvgIpc) is 3.26. The molecule has 1 amide bonds. The van der Waals surface area contributed by atoms with Crippen molar-refractivity contribution >= 4 is 44.9 Å². The number of carbonyl (C=O) groups is 1. The monoisotopic (exact) mass is 415 g/mol. The maximum absolute atomic E-state index is 12.9. The predicted molar refractivity (Wildman–Crippen MR) is 114 cm³/mol. The molecule has 1 atom stereocenters. The van der Waals surface area contributed by atoms with Gasteiger partial charge in [-0.2, -0.15) is 0 Å². The Kier molecular flexibility index (Phi) is 5.16. The van der Waals surface area contributed by atoms with Gasteiger partial charge in [-0.05, 0) is 43.9 Å². The van der Waals surface area contributed by atoms with E-state index >= 15 is 0 Å². The lowest BCUT2D eigenvalue weighted by Crippen LogP contribution is -2.25. The van der Waals surface area contributed by atoms with Crippen LogP contribution in [0.15, 0.2) is 34.2 Å². The number of carbonyl (C=O) groups excluding carboxylic acids is 1. The second-order valence-electron chi connectivity index (χ2n) is 6.78. The average molecular weight is 416 g/mol. The molecule has 1 N–H and O–H groups in total. The van der Waals surface area contributed by atoms with Crippen LogP contribution in [-0.4, -0.2) is 27.8 Å². The van der Waals surface area contributed by atoms with Gasteiger partial charge in [-0.25, -0.2) is 4.98 Å². The summed E-state index contributed by atoms with van der Waals surface area (Å²) in [6.07, 6.45) is 3.09. The van der Waals surface area contributed by atoms with Crippen LogP contribution in [0.5, 0.6) is 5.75 Å². The standard InChI is InChI=1S/C20H21N3O3S2/c1-11(17(24)21-12-6-4-7-13(10-12)26-3)27-20-22-18-16(19(25)23(20)2)14-8-5-9-15(14)28-18/h4,6-7,10-11H,5,8-9H2,1-3H3,(H,21,24)/t11-/m1/s1. The third-order valence-corrected chi connectivity index (χ3v) is 7.22. The molecule has 1 aliphatic carbocycles. The molecule has 0 unspecified atom stereocenters. The number of fused-ring (bicyclic) bond motifs is 3. The lowest BCUT2D eigenvalue weighted by molar-refractivity contribution is -0.115. The molecular weight excluding hydrogens is 394 g/mol. The summed E-state index contributed by atoms with van der Waals surface area (Å²) in [5.74, 6) is 0.527. The van der Waals surface area contributed by atoms with Crippen molar-refractivity contribution in [2.24, 2.45) is 7.05 Å². The molecule has 2 aromatic heterocycles. The fourth-order valence-electron chi connectivity index (χ4n) is 3.37. The number of hydrogen-bond donors (Lipinski definition) is 1. The van der Waals surface area contributed by atoms with Gasteiger partial charge < -0.3 is 10.1 Å². The zero-order valence-corrected chi connectivity index (χ0v) is 17.6. The number of aromatic nitrogens is 2. The summed E-state index contributed by atoms with van der Waals surface area (Å²) in [4.78, 5) is 32.3. The van der Waals surface area contributed by atoms with E-state index in [-0.39, 0.29) is 11.5 Å². The molecule has 0 radical (unpaired) electrons. The first-order valence-corrected chi connectivity index (χ1v) is 10.8. The van der Waals surface area contributed by atoms with E-state index in [1.54, 1.807) is 36.1 Å². The molecule has 2 heterocycles. The Labute approximate surface area is 170 Å². The van der Waals surface area contributed by atoms with Crippen LogP contribution in [0.1, 0.15) is 23.8 Å². The highest BCUT2D eigenvalue weighted by atomic mass is 32.2. The van der Waals surface area contributed by atoms with Gasteiger partial charge in [-0.3, -0.25) is 14.2 Å². The number of hydrogen-bond acceptors (Lipinski definition) is 6. The van der Waals surface area contributed by atoms with Crippen LogP contribution < -0.4 is 15.6 Å². The van der Waals surface area contributed by atoms with E-state index in [0.717, 1.165) is 29.5 Å². The van der Waals surface area contributed by atoms with Gasteiger partial charge in [0.15, 0.2) is 5.16 Å². The fourth-order valence-corrected chi connectivity index (χ4v) is 5.54. The minimum absolute atomic E-state index is 0.0210. The van der Waals surface area contributed by atoms with Gasteiger partial charge in [0, 0.05) is 23.7 Å². The number of rotatable bonds is 5. The molecule has 0 aliphatic heterocycles. The van der Waals surface area contributed by atoms with E-state index in [1.807, 2.05) is 25.1 Å². The van der Waals surface area contributed by atoms with Gasteiger partial charge in [0.25, 0.3) is 5.56 Å². The number of benzene rings is 1. The number of anilines is 1. The third kappa shape index (κ3) is 3.42. The van der Waals surface area contributed by atoms with Gasteiger partial charge in [0.2, 0.25) is 5.91 Å². The van der Waals surface area contributed by atoms with Crippen molar-refractivity contribution in [1.82, 2.24) is 9.55 Å². The zero-order valence-electron chi connectivity index (χ0n) is 15.9. The topological polar surface area (TPSA) is 73.2 Å². The number of methoxy groups -OCH3 is 1. The van der Waals surface area contributed by atoms with Gasteiger partial charge in [0.1, 0.15) is 10.6 Å². The summed E-state index contributed by atoms with van der Waals surface area (Å²) >= 11 is 2.91. The number of nitrogens with zero attached hydrogens (tertiary/aromatic N) is 2. The minimum Gasteiger partial charge on any atom is -0.497 e. The van der Waals surface area contributed by atoms with E-state index in [2.05, 4.69) is 5.32 Å². The predicted octanol–water partition coefficient (Wildman–Crippen LogP) is 3.61. The van der Waals surface area contributed by atoms with E-state index < -0.39 is 5.25 Å². The van der Waals surface area contributed by atoms with Crippen molar-refractivity contribution in [3.05, 3.63) is 45.1 Å². The quantitative estimate of drug-likeness (QED) is 0.509. The molecule has 0 fully saturated rings. The summed E-state index contributed by atoms with van der Waals surface area (Å²) in [6, 6.07) is 7.22. The van der Waals surface area contributed by atoms with E-state index in [1.165, 1.54) is 22.2 Å². The van der Waals surface area contributed by atoms with Gasteiger partial charge in [-0.1, -0.05) is 17.8 Å². The number of ether oxygens (including phenoxy) is 1. The molecule has 6 nitrogen and oxygen atoms in total. The molecule has 0 spiro atoms. The maximum Gasteiger partial charge on any atom is 0.262 e. The Morgan fingerprint density at radius 1 is 1.39 bits per heavy atom. The van der Waals surface area contributed by atoms with Crippen LogP contribution in [-0.2, 0) is 24.7 Å². The summed E-state index contributed by atoms with van der Waals surface area (Å²) in [5, 5.41) is 3.80. The van der Waals surface area contributed by atoms with Crippen LogP contribution in [0.25, 0.3) is 10.2 Å². The minimum atomic E-state index is -0.409. The number of thiophene rings is 1. The fraction of sp³-hybridized carbons (Fsp3) is 0.350. The Hall–Kier alpha value is -2.32. The number of thioether (sulfide) groups is 1. The Morgan fingerprint density at radius 3 is 3.00 bits per heavy atom. The van der Waals surface area contributed by atoms with Crippen molar-refractivity contribution in [3.63, 3.8) is 0 Å². The second kappa shape index (κ2) is 7.60. The molecule has 1 aromatic carbocycles. The first kappa shape index (κ1) is 19.0. The van der Waals surface area contributed by atoms with Crippen molar-refractivity contribution < 1.29 is 9.53 Å². The molecular formula is C20H21N3O3S2. The van der Waals surface area contributed by atoms with Crippen LogP contribution in [0, 0.1) is 0 Å². The first-order chi connectivity index (χ1) is 13.5. The van der Waals surface area contributed by atoms with Crippen LogP contribution >= 0.6 is 23.1 Å². The normalized spacial score (nSPS) is 14.1. The smallest absolute Gasteiger partial charge is 0.262 e. The van der Waals surface area contributed by atoms with Crippen molar-refractivity contribution in [3.8, 4) is 5.75 Å². The van der Waals surface area contributed by atoms with E-state index in [4.69, 9.17) is 9.72 Å². The van der Waals surface area contributed by atoms with Crippen LogP contribution in [0.2, 0.25) is 0 Å². The number of amides is 1. The highest BCUT2D eigenvalue weighted by Crippen LogP contribution is 2.35. The molecule has 0 saturated carbocycles. The molecule has 28 heavy (non-hydrogen) atoms. The van der Waals surface area contributed by atoms with Gasteiger partial charge in [0.05, 0.1) is 17.7 Å². The van der Waals surface area contributed by atoms with Gasteiger partial charge in [-0.15, -0.1) is 11.3 Å². The van der Waals surface area contributed by atoms with Crippen molar-refractivity contribution in [2.75, 3.05) is 12.4 Å². The SMILES string of the molecule is COc1cccc(NC(=O)[C@@H](C)Sc2nc3sc4c(c3c(=O)n2C)CCC4)c1. The molecule has 3 aromatic rings. The third-order valence-electron chi connectivity index (χ3n) is 4.89. The molecule has 8 heteroatoms. The van der Waals surface area contributed by atoms with Crippen LogP contribution in [0.4, 0.5) is 5.69 Å². The molecule has 0 saturated heterocycles. The second-order valence-corrected chi connectivity index (χ2v) is 9.17. The molecule has 4 rings (SSSR count). The lowest BCUT2D eigenvalue weighted by Gasteiger charge is -2.14. The van der Waals surface area contributed by atoms with Crippen LogP contribution in [0.3, 0.4) is 0 Å². The largest absolute Gasteiger partial charge is 0.497 e. The van der Waals surface area contributed by atoms with Gasteiger partial charge >= 0.3 is 0 Å². The summed E-state index contributed by atoms with van der Waals surface area (Å²) < 4.78 is 6.75. The first-order valence-electron chi connectivity index (χ1n) is 9.10. The maximum atomic E-state index is 12.9. The highest BCUT2D eigenvalue weighted by molar-refractivity contribution is 8.00. The highest BCUT2D eigenvalue weighted by Gasteiger charge is 2.24. The summed E-state index contributed by atoms with van der Waals surface area (Å²) in [6.45, 7) is 1.81. The molecule has 1 aliphatic rings. The summed E-state index contributed by atoms with van der Waals surface area (Å²) in [7, 11) is 3.31. The number of aryl methyl sites for hydroxylation is 2. The van der Waals surface area contributed by atoms with Crippen molar-refractivity contribution in [2.45, 2.75) is 36.6 Å². The molecule has 146 valence electrons. The zero-order chi connectivity index (χ0) is 19.8.